The summed E-state index contributed by atoms with van der Waals surface area (Å²) in [5, 5.41) is 9.05. The second kappa shape index (κ2) is 11.4. The molecule has 0 bridgehead atoms. The molecule has 7 nitrogen and oxygen atoms in total. The van der Waals surface area contributed by atoms with E-state index in [4.69, 9.17) is 12.2 Å². The number of carbonyl (C=O) groups is 2. The zero-order valence-electron chi connectivity index (χ0n) is 18.5. The van der Waals surface area contributed by atoms with Crippen LogP contribution in [0.15, 0.2) is 16.8 Å². The molecule has 0 aliphatic carbocycles. The van der Waals surface area contributed by atoms with E-state index in [0.29, 0.717) is 38.1 Å². The van der Waals surface area contributed by atoms with Crippen LogP contribution in [0.2, 0.25) is 0 Å². The molecule has 165 valence electrons. The average Bonchev–Trinajstić information content (AvgIpc) is 2.65. The van der Waals surface area contributed by atoms with Crippen LogP contribution in [0.4, 0.5) is 4.39 Å². The third kappa shape index (κ3) is 7.04. The van der Waals surface area contributed by atoms with Crippen LogP contribution in [-0.2, 0) is 14.3 Å². The quantitative estimate of drug-likeness (QED) is 0.405. The Bertz CT molecular complexity index is 704. The molecule has 30 heavy (non-hydrogen) atoms. The summed E-state index contributed by atoms with van der Waals surface area (Å²) < 4.78 is 17.9. The molecule has 0 saturated carbocycles. The van der Waals surface area contributed by atoms with Crippen LogP contribution >= 0.6 is 0 Å². The predicted molar refractivity (Wildman–Crippen MR) is 117 cm³/mol. The molecule has 1 saturated heterocycles. The van der Waals surface area contributed by atoms with Gasteiger partial charge in [0.25, 0.3) is 0 Å². The molecule has 1 unspecified atom stereocenters. The Hall–Kier alpha value is -2.03. The van der Waals surface area contributed by atoms with E-state index in [2.05, 4.69) is 10.4 Å². The fraction of sp³-hybridized carbons (Fsp3) is 0.714. The molecular weight excluding hydrogens is 386 g/mol. The van der Waals surface area contributed by atoms with Crippen molar-refractivity contribution in [2.24, 2.45) is 11.0 Å². The van der Waals surface area contributed by atoms with Crippen molar-refractivity contribution in [2.45, 2.75) is 59.2 Å². The Morgan fingerprint density at radius 3 is 2.70 bits per heavy atom. The van der Waals surface area contributed by atoms with Crippen molar-refractivity contribution in [3.05, 3.63) is 11.6 Å². The molecule has 1 N–H and O–H groups in total. The minimum absolute atomic E-state index is 0.117. The third-order valence-corrected chi connectivity index (χ3v) is 5.09. The van der Waals surface area contributed by atoms with Gasteiger partial charge < -0.3 is 0 Å². The molecule has 0 aromatic rings. The molecule has 1 radical (unpaired) electrons. The van der Waals surface area contributed by atoms with Gasteiger partial charge in [-0.25, -0.2) is 0 Å². The van der Waals surface area contributed by atoms with Crippen LogP contribution in [0, 0.1) is 5.92 Å². The first kappa shape index (κ1) is 24.2. The summed E-state index contributed by atoms with van der Waals surface area (Å²) in [6.07, 6.45) is 2.53. The molecule has 2 aliphatic heterocycles. The van der Waals surface area contributed by atoms with Gasteiger partial charge in [0, 0.05) is 0 Å². The second-order valence-electron chi connectivity index (χ2n) is 8.25. The average molecular weight is 419 g/mol. The number of hydrogen-bond acceptors (Lipinski definition) is 6. The van der Waals surface area contributed by atoms with E-state index in [-0.39, 0.29) is 30.8 Å². The Kier molecular flexibility index (Phi) is 9.20. The van der Waals surface area contributed by atoms with E-state index in [1.807, 2.05) is 31.7 Å². The summed E-state index contributed by atoms with van der Waals surface area (Å²) in [6, 6.07) is -0.579. The van der Waals surface area contributed by atoms with Crippen molar-refractivity contribution in [1.82, 2.24) is 15.2 Å². The van der Waals surface area contributed by atoms with E-state index < -0.39 is 12.2 Å². The molecule has 1 atom stereocenters. The van der Waals surface area contributed by atoms with Crippen LogP contribution < -0.4 is 5.32 Å². The van der Waals surface area contributed by atoms with Gasteiger partial charge in [0.1, 0.15) is 0 Å². The number of nitrogens with zero attached hydrogens (tertiary/aromatic N) is 3. The van der Waals surface area contributed by atoms with Crippen molar-refractivity contribution in [2.75, 3.05) is 32.8 Å². The zero-order chi connectivity index (χ0) is 22.3. The van der Waals surface area contributed by atoms with Crippen molar-refractivity contribution >= 4 is 30.7 Å². The maximum atomic E-state index is 13.0. The van der Waals surface area contributed by atoms with Crippen LogP contribution in [0.5, 0.6) is 0 Å². The zero-order valence-corrected chi connectivity index (χ0v) is 18.5. The minimum atomic E-state index is -0.732. The van der Waals surface area contributed by atoms with Crippen molar-refractivity contribution in [3.8, 4) is 0 Å². The molecule has 0 aromatic heterocycles. The molecule has 0 aromatic carbocycles. The molecule has 0 spiro atoms. The Morgan fingerprint density at radius 2 is 2.10 bits per heavy atom. The molecule has 9 heteroatoms. The van der Waals surface area contributed by atoms with Crippen molar-refractivity contribution in [3.63, 3.8) is 0 Å². The summed E-state index contributed by atoms with van der Waals surface area (Å²) >= 11 is 0. The van der Waals surface area contributed by atoms with Gasteiger partial charge in [0.2, 0.25) is 0 Å². The topological polar surface area (TPSA) is 74.2 Å². The van der Waals surface area contributed by atoms with Crippen LogP contribution in [0.25, 0.3) is 0 Å². The van der Waals surface area contributed by atoms with Crippen molar-refractivity contribution in [1.29, 1.82) is 0 Å². The number of allylic oxidation sites excluding steroid dienone is 1. The van der Waals surface area contributed by atoms with Gasteiger partial charge in [-0.15, -0.1) is 0 Å². The second-order valence-corrected chi connectivity index (χ2v) is 8.25. The fourth-order valence-corrected chi connectivity index (χ4v) is 3.45. The number of halogens is 1. The van der Waals surface area contributed by atoms with Crippen molar-refractivity contribution < 1.29 is 18.7 Å². The van der Waals surface area contributed by atoms with E-state index >= 15 is 0 Å². The first-order chi connectivity index (χ1) is 14.2. The van der Waals surface area contributed by atoms with E-state index in [9.17, 15) is 14.0 Å². The summed E-state index contributed by atoms with van der Waals surface area (Å²) in [7, 11) is 6.28. The molecule has 2 rings (SSSR count). The number of esters is 1. The molecule has 1 amide bonds. The number of hydrogen-bond donors (Lipinski definition) is 1. The van der Waals surface area contributed by atoms with Gasteiger partial charge in [-0.1, -0.05) is 0 Å². The number of hydrazone groups is 1. The number of likely N-dealkylation sites (tertiary alicyclic amines) is 1. The fourth-order valence-electron chi connectivity index (χ4n) is 3.45. The SMILES string of the molecule is [B]=C1C(C)=CC(CCN2CC(F)C2)=NN1C(CC(C)C)C(=O)NCCC(=O)OCC. The number of nitrogens with one attached hydrogen (secondary N) is 1. The monoisotopic (exact) mass is 419 g/mol. The summed E-state index contributed by atoms with van der Waals surface area (Å²) in [4.78, 5) is 26.5. The molecule has 2 heterocycles. The van der Waals surface area contributed by atoms with Gasteiger partial charge in [-0.2, -0.15) is 0 Å². The first-order valence-electron chi connectivity index (χ1n) is 10.7. The first-order valence-corrected chi connectivity index (χ1v) is 10.7. The van der Waals surface area contributed by atoms with Gasteiger partial charge in [-0.3, -0.25) is 0 Å². The van der Waals surface area contributed by atoms with E-state index in [1.165, 1.54) is 0 Å². The summed E-state index contributed by atoms with van der Waals surface area (Å²) in [6.45, 7) is 9.86. The Balaban J connectivity index is 2.04. The Morgan fingerprint density at radius 1 is 1.40 bits per heavy atom. The van der Waals surface area contributed by atoms with Gasteiger partial charge in [-0.05, 0) is 0 Å². The number of amides is 1. The normalized spacial score (nSPS) is 18.6. The van der Waals surface area contributed by atoms with Crippen LogP contribution in [-0.4, -0.2) is 85.6 Å². The van der Waals surface area contributed by atoms with Gasteiger partial charge in [0.15, 0.2) is 0 Å². The molecule has 2 aliphatic rings. The summed E-state index contributed by atoms with van der Waals surface area (Å²) in [5.74, 6) is -0.328. The number of ether oxygens (including phenoxy) is 1. The van der Waals surface area contributed by atoms with Crippen LogP contribution in [0.3, 0.4) is 0 Å². The van der Waals surface area contributed by atoms with Gasteiger partial charge >= 0.3 is 179 Å². The molecular formula is C21H33BFN4O3. The molecule has 1 fully saturated rings. The van der Waals surface area contributed by atoms with E-state index in [0.717, 1.165) is 17.8 Å². The summed E-state index contributed by atoms with van der Waals surface area (Å²) in [5.41, 5.74) is 2.11. The standard InChI is InChI=1S/C21H33BFN4O3/c1-5-30-19(28)6-8-24-21(29)18(10-14(2)3)27-20(22)15(4)11-17(25-27)7-9-26-12-16(23)13-26/h11,14,16,18H,5-10,12-13H2,1-4H3,(H,24,29). The number of rotatable bonds is 11. The number of alkyl halides is 1. The Labute approximate surface area is 179 Å². The van der Waals surface area contributed by atoms with Gasteiger partial charge in [0.05, 0.1) is 0 Å². The van der Waals surface area contributed by atoms with E-state index in [1.54, 1.807) is 11.9 Å². The van der Waals surface area contributed by atoms with Crippen LogP contribution in [0.1, 0.15) is 47.0 Å². The maximum absolute atomic E-state index is 13.0. The third-order valence-electron chi connectivity index (χ3n) is 5.09. The number of carbonyl (C=O) groups excluding carboxylic acids is 2. The predicted octanol–water partition coefficient (Wildman–Crippen LogP) is 1.43.